The summed E-state index contributed by atoms with van der Waals surface area (Å²) >= 11 is 0. The monoisotopic (exact) mass is 495 g/mol. The van der Waals surface area contributed by atoms with Crippen LogP contribution in [0.4, 0.5) is 9.18 Å². The lowest BCUT2D eigenvalue weighted by molar-refractivity contribution is 0.0203. The lowest BCUT2D eigenvalue weighted by Gasteiger charge is -2.32. The van der Waals surface area contributed by atoms with Crippen LogP contribution in [0.3, 0.4) is 0 Å². The predicted molar refractivity (Wildman–Crippen MR) is 136 cm³/mol. The number of rotatable bonds is 6. The Hall–Kier alpha value is -3.55. The zero-order chi connectivity index (χ0) is 25.9. The van der Waals surface area contributed by atoms with Crippen LogP contribution in [0.15, 0.2) is 48.5 Å². The van der Waals surface area contributed by atoms with E-state index in [0.717, 1.165) is 11.4 Å². The van der Waals surface area contributed by atoms with Crippen molar-refractivity contribution < 1.29 is 23.4 Å². The summed E-state index contributed by atoms with van der Waals surface area (Å²) in [5.74, 6) is 0.992. The van der Waals surface area contributed by atoms with Gasteiger partial charge in [0.2, 0.25) is 0 Å². The van der Waals surface area contributed by atoms with Gasteiger partial charge in [0.05, 0.1) is 19.4 Å². The summed E-state index contributed by atoms with van der Waals surface area (Å²) in [5, 5.41) is 4.76. The van der Waals surface area contributed by atoms with Crippen molar-refractivity contribution in [2.24, 2.45) is 0 Å². The Morgan fingerprint density at radius 1 is 1.03 bits per heavy atom. The molecule has 1 aromatic heterocycles. The van der Waals surface area contributed by atoms with Crippen LogP contribution in [0, 0.1) is 5.82 Å². The van der Waals surface area contributed by atoms with Crippen molar-refractivity contribution in [1.82, 2.24) is 14.7 Å². The molecule has 1 aliphatic heterocycles. The van der Waals surface area contributed by atoms with Crippen LogP contribution in [-0.4, -0.2) is 53.2 Å². The van der Waals surface area contributed by atoms with Gasteiger partial charge in [-0.2, -0.15) is 5.10 Å². The molecule has 0 spiro atoms. The largest absolute Gasteiger partial charge is 0.497 e. The zero-order valence-corrected chi connectivity index (χ0v) is 21.6. The molecule has 0 aliphatic carbocycles. The number of carbonyl (C=O) groups excluding carboxylic acids is 1. The summed E-state index contributed by atoms with van der Waals surface area (Å²) < 4.78 is 34.1. The molecule has 7 nitrogen and oxygen atoms in total. The first-order valence-corrected chi connectivity index (χ1v) is 12.3. The average molecular weight is 496 g/mol. The normalized spacial score (nSPS) is 14.6. The summed E-state index contributed by atoms with van der Waals surface area (Å²) in [4.78, 5) is 14.2. The van der Waals surface area contributed by atoms with E-state index < -0.39 is 5.60 Å². The lowest BCUT2D eigenvalue weighted by atomic mass is 9.93. The molecule has 1 amide bonds. The Balaban J connectivity index is 1.65. The van der Waals surface area contributed by atoms with E-state index >= 15 is 4.39 Å². The van der Waals surface area contributed by atoms with Crippen LogP contribution < -0.4 is 9.47 Å². The van der Waals surface area contributed by atoms with Gasteiger partial charge in [0.25, 0.3) is 0 Å². The fourth-order valence-corrected chi connectivity index (χ4v) is 4.37. The molecule has 0 saturated carbocycles. The molecule has 8 heteroatoms. The fraction of sp³-hybridized carbons (Fsp3) is 0.429. The Bertz CT molecular complexity index is 1180. The third-order valence-electron chi connectivity index (χ3n) is 6.14. The molecule has 3 aromatic rings. The number of piperidine rings is 1. The van der Waals surface area contributed by atoms with Crippen LogP contribution in [0.2, 0.25) is 0 Å². The van der Waals surface area contributed by atoms with Gasteiger partial charge in [0, 0.05) is 24.6 Å². The van der Waals surface area contributed by atoms with E-state index in [1.54, 1.807) is 16.7 Å². The van der Waals surface area contributed by atoms with E-state index in [2.05, 4.69) is 0 Å². The first-order chi connectivity index (χ1) is 17.2. The second-order valence-electron chi connectivity index (χ2n) is 9.86. The van der Waals surface area contributed by atoms with Gasteiger partial charge in [-0.15, -0.1) is 0 Å². The second kappa shape index (κ2) is 10.6. The Morgan fingerprint density at radius 2 is 1.64 bits per heavy atom. The summed E-state index contributed by atoms with van der Waals surface area (Å²) in [5.41, 5.74) is 1.70. The van der Waals surface area contributed by atoms with Crippen molar-refractivity contribution in [3.8, 4) is 28.4 Å². The third-order valence-corrected chi connectivity index (χ3v) is 6.14. The SMILES string of the molecule is CCOc1ccc(-c2c(F)c(C3CCN(C(=O)OC(C)(C)C)CC3)nn2-c2ccc(OC)cc2)cc1. The van der Waals surface area contributed by atoms with Gasteiger partial charge in [-0.05, 0) is 89.1 Å². The summed E-state index contributed by atoms with van der Waals surface area (Å²) in [6.45, 7) is 9.01. The first kappa shape index (κ1) is 25.5. The Morgan fingerprint density at radius 3 is 2.19 bits per heavy atom. The number of hydrogen-bond donors (Lipinski definition) is 0. The maximum absolute atomic E-state index is 16.1. The highest BCUT2D eigenvalue weighted by Crippen LogP contribution is 2.36. The molecule has 1 aliphatic rings. The second-order valence-corrected chi connectivity index (χ2v) is 9.86. The van der Waals surface area contributed by atoms with Crippen molar-refractivity contribution in [2.45, 2.75) is 52.1 Å². The smallest absolute Gasteiger partial charge is 0.410 e. The number of likely N-dealkylation sites (tertiary alicyclic amines) is 1. The predicted octanol–water partition coefficient (Wildman–Crippen LogP) is 6.20. The molecule has 1 saturated heterocycles. The van der Waals surface area contributed by atoms with Crippen molar-refractivity contribution >= 4 is 6.09 Å². The molecular formula is C28H34FN3O4. The average Bonchev–Trinajstić information content (AvgIpc) is 3.21. The van der Waals surface area contributed by atoms with E-state index in [0.29, 0.717) is 55.2 Å². The quantitative estimate of drug-likeness (QED) is 0.407. The summed E-state index contributed by atoms with van der Waals surface area (Å²) in [7, 11) is 1.61. The highest BCUT2D eigenvalue weighted by Gasteiger charge is 2.32. The molecule has 36 heavy (non-hydrogen) atoms. The molecule has 0 unspecified atom stereocenters. The van der Waals surface area contributed by atoms with Gasteiger partial charge in [-0.1, -0.05) is 0 Å². The standard InChI is InChI=1S/C28H34FN3O4/c1-6-35-23-11-7-20(8-12-23)26-24(29)25(30-32(26)21-9-13-22(34-5)14-10-21)19-15-17-31(18-16-19)27(33)36-28(2,3)4/h7-14,19H,6,15-18H2,1-5H3. The first-order valence-electron chi connectivity index (χ1n) is 12.3. The van der Waals surface area contributed by atoms with Gasteiger partial charge >= 0.3 is 6.09 Å². The number of carbonyl (C=O) groups is 1. The van der Waals surface area contributed by atoms with E-state index in [4.69, 9.17) is 19.3 Å². The van der Waals surface area contributed by atoms with Crippen molar-refractivity contribution in [2.75, 3.05) is 26.8 Å². The molecule has 0 radical (unpaired) electrons. The Kier molecular flexibility index (Phi) is 7.52. The van der Waals surface area contributed by atoms with Crippen LogP contribution in [0.25, 0.3) is 16.9 Å². The highest BCUT2D eigenvalue weighted by molar-refractivity contribution is 5.68. The topological polar surface area (TPSA) is 65.8 Å². The molecule has 0 atom stereocenters. The number of ether oxygens (including phenoxy) is 3. The minimum absolute atomic E-state index is 0.107. The highest BCUT2D eigenvalue weighted by atomic mass is 19.1. The molecule has 0 N–H and O–H groups in total. The van der Waals surface area contributed by atoms with Gasteiger partial charge < -0.3 is 19.1 Å². The molecule has 4 rings (SSSR count). The molecule has 0 bridgehead atoms. The molecule has 2 aromatic carbocycles. The van der Waals surface area contributed by atoms with E-state index in [1.165, 1.54) is 0 Å². The van der Waals surface area contributed by atoms with Gasteiger partial charge in [0.1, 0.15) is 28.5 Å². The summed E-state index contributed by atoms with van der Waals surface area (Å²) in [6.07, 6.45) is 0.886. The number of methoxy groups -OCH3 is 1. The number of hydrogen-bond acceptors (Lipinski definition) is 5. The van der Waals surface area contributed by atoms with Crippen molar-refractivity contribution in [3.05, 3.63) is 60.0 Å². The molecule has 192 valence electrons. The van der Waals surface area contributed by atoms with Crippen LogP contribution in [-0.2, 0) is 4.74 Å². The minimum Gasteiger partial charge on any atom is -0.497 e. The molecule has 2 heterocycles. The maximum atomic E-state index is 16.1. The van der Waals surface area contributed by atoms with Crippen molar-refractivity contribution in [1.29, 1.82) is 0 Å². The number of halogens is 1. The summed E-state index contributed by atoms with van der Waals surface area (Å²) in [6, 6.07) is 14.7. The molecule has 1 fully saturated rings. The van der Waals surface area contributed by atoms with E-state index in [-0.39, 0.29) is 17.8 Å². The maximum Gasteiger partial charge on any atom is 0.410 e. The van der Waals surface area contributed by atoms with Gasteiger partial charge in [-0.3, -0.25) is 0 Å². The van der Waals surface area contributed by atoms with Crippen molar-refractivity contribution in [3.63, 3.8) is 0 Å². The third kappa shape index (κ3) is 5.64. The van der Waals surface area contributed by atoms with Gasteiger partial charge in [-0.25, -0.2) is 13.9 Å². The number of benzene rings is 2. The van der Waals surface area contributed by atoms with Crippen LogP contribution in [0.5, 0.6) is 11.5 Å². The number of aromatic nitrogens is 2. The number of nitrogens with zero attached hydrogens (tertiary/aromatic N) is 3. The fourth-order valence-electron chi connectivity index (χ4n) is 4.37. The van der Waals surface area contributed by atoms with E-state index in [9.17, 15) is 4.79 Å². The van der Waals surface area contributed by atoms with E-state index in [1.807, 2.05) is 76.2 Å². The van der Waals surface area contributed by atoms with Crippen LogP contribution >= 0.6 is 0 Å². The Labute approximate surface area is 211 Å². The minimum atomic E-state index is -0.552. The van der Waals surface area contributed by atoms with Crippen LogP contribution in [0.1, 0.15) is 52.1 Å². The molecular weight excluding hydrogens is 461 g/mol. The zero-order valence-electron chi connectivity index (χ0n) is 21.6. The van der Waals surface area contributed by atoms with Gasteiger partial charge in [0.15, 0.2) is 5.82 Å². The lowest BCUT2D eigenvalue weighted by Crippen LogP contribution is -2.41. The number of amides is 1.